The van der Waals surface area contributed by atoms with Crippen LogP contribution in [0.5, 0.6) is 0 Å². The van der Waals surface area contributed by atoms with Crippen molar-refractivity contribution < 1.29 is 4.84 Å². The summed E-state index contributed by atoms with van der Waals surface area (Å²) in [7, 11) is 1.55. The SMILES string of the molecule is CO/N=C(\C)c1ccc(-c2ccc(/C=C/C(N)=Nc3ccc(Cl)cc3)cc2)cc1. The number of hydrogen-bond donors (Lipinski definition) is 1. The molecule has 0 unspecified atom stereocenters. The molecule has 0 spiro atoms. The Kier molecular flexibility index (Phi) is 6.82. The second kappa shape index (κ2) is 9.71. The number of aliphatic imine (C=N–C) groups is 1. The summed E-state index contributed by atoms with van der Waals surface area (Å²) in [5.74, 6) is 0.431. The molecule has 0 aliphatic rings. The van der Waals surface area contributed by atoms with Crippen LogP contribution >= 0.6 is 11.6 Å². The summed E-state index contributed by atoms with van der Waals surface area (Å²) in [4.78, 5) is 9.17. The van der Waals surface area contributed by atoms with Gasteiger partial charge in [-0.1, -0.05) is 71.4 Å². The van der Waals surface area contributed by atoms with Crippen molar-refractivity contribution in [2.45, 2.75) is 6.92 Å². The standard InChI is InChI=1S/C24H22ClN3O/c1-17(28-29-2)19-8-10-21(11-9-19)20-6-3-18(4-7-20)5-16-24(26)27-23-14-12-22(25)13-15-23/h3-16H,1-2H3,(H2,26,27)/b16-5+,28-17+. The van der Waals surface area contributed by atoms with Gasteiger partial charge in [0, 0.05) is 5.02 Å². The van der Waals surface area contributed by atoms with Gasteiger partial charge in [-0.15, -0.1) is 0 Å². The molecule has 3 aromatic rings. The van der Waals surface area contributed by atoms with Gasteiger partial charge in [-0.2, -0.15) is 0 Å². The molecular formula is C24H22ClN3O. The Morgan fingerprint density at radius 2 is 1.48 bits per heavy atom. The van der Waals surface area contributed by atoms with Crippen LogP contribution in [-0.2, 0) is 4.84 Å². The largest absolute Gasteiger partial charge is 0.399 e. The second-order valence-corrected chi connectivity index (χ2v) is 6.84. The van der Waals surface area contributed by atoms with Crippen molar-refractivity contribution in [2.75, 3.05) is 7.11 Å². The Hall–Kier alpha value is -3.37. The highest BCUT2D eigenvalue weighted by Crippen LogP contribution is 2.21. The molecular weight excluding hydrogens is 382 g/mol. The molecule has 4 nitrogen and oxygen atoms in total. The maximum absolute atomic E-state index is 5.98. The smallest absolute Gasteiger partial charge is 0.124 e. The molecule has 3 aromatic carbocycles. The summed E-state index contributed by atoms with van der Waals surface area (Å²) in [5, 5.41) is 4.63. The predicted octanol–water partition coefficient (Wildman–Crippen LogP) is 6.08. The van der Waals surface area contributed by atoms with Crippen LogP contribution < -0.4 is 5.73 Å². The van der Waals surface area contributed by atoms with Gasteiger partial charge in [0.15, 0.2) is 0 Å². The van der Waals surface area contributed by atoms with E-state index in [1.54, 1.807) is 25.3 Å². The zero-order chi connectivity index (χ0) is 20.6. The van der Waals surface area contributed by atoms with Gasteiger partial charge in [0.05, 0.1) is 11.4 Å². The quantitative estimate of drug-likeness (QED) is 0.308. The summed E-state index contributed by atoms with van der Waals surface area (Å²) < 4.78 is 0. The molecule has 0 aliphatic heterocycles. The molecule has 0 saturated carbocycles. The van der Waals surface area contributed by atoms with Crippen molar-refractivity contribution in [1.82, 2.24) is 0 Å². The van der Waals surface area contributed by atoms with Gasteiger partial charge in [-0.05, 0) is 59.5 Å². The normalized spacial score (nSPS) is 12.4. The molecule has 146 valence electrons. The van der Waals surface area contributed by atoms with Gasteiger partial charge in [0.2, 0.25) is 0 Å². The van der Waals surface area contributed by atoms with Crippen molar-refractivity contribution in [2.24, 2.45) is 15.9 Å². The summed E-state index contributed by atoms with van der Waals surface area (Å²) >= 11 is 5.88. The maximum atomic E-state index is 5.98. The van der Waals surface area contributed by atoms with E-state index in [-0.39, 0.29) is 0 Å². The fourth-order valence-electron chi connectivity index (χ4n) is 2.76. The molecule has 0 amide bonds. The third-order valence-corrected chi connectivity index (χ3v) is 4.56. The van der Waals surface area contributed by atoms with Gasteiger partial charge < -0.3 is 10.6 Å². The van der Waals surface area contributed by atoms with Crippen LogP contribution in [0.2, 0.25) is 5.02 Å². The first-order chi connectivity index (χ1) is 14.0. The van der Waals surface area contributed by atoms with E-state index in [9.17, 15) is 0 Å². The summed E-state index contributed by atoms with van der Waals surface area (Å²) in [6.45, 7) is 1.92. The molecule has 0 aliphatic carbocycles. The van der Waals surface area contributed by atoms with Crippen molar-refractivity contribution >= 4 is 34.9 Å². The molecule has 3 rings (SSSR count). The third-order valence-electron chi connectivity index (χ3n) is 4.31. The number of benzene rings is 3. The topological polar surface area (TPSA) is 60.0 Å². The summed E-state index contributed by atoms with van der Waals surface area (Å²) in [6.07, 6.45) is 3.72. The van der Waals surface area contributed by atoms with Crippen LogP contribution in [0.15, 0.2) is 89.0 Å². The number of oxime groups is 1. The Labute approximate surface area is 176 Å². The van der Waals surface area contributed by atoms with Crippen LogP contribution in [0.25, 0.3) is 17.2 Å². The number of nitrogens with two attached hydrogens (primary N) is 1. The van der Waals surface area contributed by atoms with E-state index < -0.39 is 0 Å². The molecule has 2 N–H and O–H groups in total. The van der Waals surface area contributed by atoms with Crippen LogP contribution in [0.1, 0.15) is 18.1 Å². The summed E-state index contributed by atoms with van der Waals surface area (Å²) in [6, 6.07) is 23.7. The Bertz CT molecular complexity index is 1030. The highest BCUT2D eigenvalue weighted by molar-refractivity contribution is 6.30. The van der Waals surface area contributed by atoms with E-state index in [1.165, 1.54) is 0 Å². The van der Waals surface area contributed by atoms with E-state index in [0.717, 1.165) is 33.7 Å². The lowest BCUT2D eigenvalue weighted by atomic mass is 10.0. The molecule has 0 fully saturated rings. The lowest BCUT2D eigenvalue weighted by molar-refractivity contribution is 0.213. The first-order valence-electron chi connectivity index (χ1n) is 9.11. The minimum atomic E-state index is 0.431. The van der Waals surface area contributed by atoms with Crippen LogP contribution in [0.3, 0.4) is 0 Å². The maximum Gasteiger partial charge on any atom is 0.124 e. The van der Waals surface area contributed by atoms with Crippen molar-refractivity contribution in [3.8, 4) is 11.1 Å². The Balaban J connectivity index is 1.69. The number of amidine groups is 1. The van der Waals surface area contributed by atoms with E-state index >= 15 is 0 Å². The number of halogens is 1. The van der Waals surface area contributed by atoms with Gasteiger partial charge >= 0.3 is 0 Å². The first-order valence-corrected chi connectivity index (χ1v) is 9.49. The van der Waals surface area contributed by atoms with Crippen molar-refractivity contribution in [1.29, 1.82) is 0 Å². The van der Waals surface area contributed by atoms with Gasteiger partial charge in [0.1, 0.15) is 12.9 Å². The monoisotopic (exact) mass is 403 g/mol. The van der Waals surface area contributed by atoms with Crippen LogP contribution in [-0.4, -0.2) is 18.7 Å². The minimum Gasteiger partial charge on any atom is -0.399 e. The minimum absolute atomic E-state index is 0.431. The predicted molar refractivity (Wildman–Crippen MR) is 123 cm³/mol. The fourth-order valence-corrected chi connectivity index (χ4v) is 2.89. The van der Waals surface area contributed by atoms with Crippen LogP contribution in [0.4, 0.5) is 5.69 Å². The van der Waals surface area contributed by atoms with E-state index in [2.05, 4.69) is 34.4 Å². The van der Waals surface area contributed by atoms with E-state index in [0.29, 0.717) is 10.9 Å². The Morgan fingerprint density at radius 1 is 0.897 bits per heavy atom. The average molecular weight is 404 g/mol. The molecule has 0 bridgehead atoms. The third kappa shape index (κ3) is 5.80. The van der Waals surface area contributed by atoms with Gasteiger partial charge in [0.25, 0.3) is 0 Å². The first kappa shape index (κ1) is 20.4. The second-order valence-electron chi connectivity index (χ2n) is 6.41. The van der Waals surface area contributed by atoms with Crippen LogP contribution in [0, 0.1) is 0 Å². The lowest BCUT2D eigenvalue weighted by Crippen LogP contribution is -2.06. The molecule has 0 radical (unpaired) electrons. The zero-order valence-electron chi connectivity index (χ0n) is 16.3. The highest BCUT2D eigenvalue weighted by atomic mass is 35.5. The molecule has 0 heterocycles. The molecule has 0 atom stereocenters. The number of nitrogens with zero attached hydrogens (tertiary/aromatic N) is 2. The van der Waals surface area contributed by atoms with Crippen molar-refractivity contribution in [3.05, 3.63) is 95.0 Å². The van der Waals surface area contributed by atoms with E-state index in [4.69, 9.17) is 22.2 Å². The highest BCUT2D eigenvalue weighted by Gasteiger charge is 2.01. The van der Waals surface area contributed by atoms with Gasteiger partial charge in [-0.3, -0.25) is 0 Å². The number of rotatable bonds is 6. The molecule has 5 heteroatoms. The molecule has 29 heavy (non-hydrogen) atoms. The fraction of sp³-hybridized carbons (Fsp3) is 0.0833. The Morgan fingerprint density at radius 3 is 2.07 bits per heavy atom. The van der Waals surface area contributed by atoms with Gasteiger partial charge in [-0.25, -0.2) is 4.99 Å². The average Bonchev–Trinajstić information content (AvgIpc) is 2.75. The summed E-state index contributed by atoms with van der Waals surface area (Å²) in [5.41, 5.74) is 11.9. The van der Waals surface area contributed by atoms with E-state index in [1.807, 2.05) is 49.4 Å². The van der Waals surface area contributed by atoms with Crippen molar-refractivity contribution in [3.63, 3.8) is 0 Å². The zero-order valence-corrected chi connectivity index (χ0v) is 17.1. The molecule has 0 aromatic heterocycles. The molecule has 0 saturated heterocycles. The number of hydrogen-bond acceptors (Lipinski definition) is 3. The lowest BCUT2D eigenvalue weighted by Gasteiger charge is -2.05.